The fourth-order valence-electron chi connectivity index (χ4n) is 0.869. The first-order valence-corrected chi connectivity index (χ1v) is 5.02. The number of rotatable bonds is 8. The number of aromatic nitrogens is 3. The maximum atomic E-state index is 9.11. The molecule has 1 heterocycles. The highest BCUT2D eigenvalue weighted by atomic mass is 16.8. The number of nitrogens with zero attached hydrogens (tertiary/aromatic N) is 3. The third-order valence-corrected chi connectivity index (χ3v) is 1.47. The molecule has 0 saturated carbocycles. The Morgan fingerprint density at radius 3 is 2.21 bits per heavy atom. The molecule has 0 atom stereocenters. The quantitative estimate of drug-likeness (QED) is 0.211. The average Bonchev–Trinajstić information content (AvgIpc) is 2.34. The van der Waals surface area contributed by atoms with Crippen LogP contribution in [0.3, 0.4) is 0 Å². The van der Waals surface area contributed by atoms with Gasteiger partial charge in [-0.25, -0.2) is 11.0 Å². The fourth-order valence-corrected chi connectivity index (χ4v) is 0.869. The molecule has 1 aromatic rings. The van der Waals surface area contributed by atoms with Gasteiger partial charge in [0, 0.05) is 6.61 Å². The maximum absolute atomic E-state index is 9.11. The van der Waals surface area contributed by atoms with Gasteiger partial charge in [0.2, 0.25) is 5.95 Å². The molecule has 0 saturated heterocycles. The summed E-state index contributed by atoms with van der Waals surface area (Å²) in [5.74, 6) is -0.576. The van der Waals surface area contributed by atoms with Gasteiger partial charge >= 0.3 is 14.6 Å². The van der Waals surface area contributed by atoms with E-state index >= 15 is 0 Å². The van der Waals surface area contributed by atoms with Crippen LogP contribution < -0.4 is 16.7 Å². The van der Waals surface area contributed by atoms with E-state index in [1.165, 1.54) is 0 Å². The second kappa shape index (κ2) is 7.67. The highest BCUT2D eigenvalue weighted by molar-refractivity contribution is 6.34. The SMILES string of the molecule is CCOB(O)ONc1nc(N)nc(NOB(O)O)n1. The van der Waals surface area contributed by atoms with Crippen molar-refractivity contribution in [3.8, 4) is 0 Å². The van der Waals surface area contributed by atoms with E-state index in [-0.39, 0.29) is 24.5 Å². The lowest BCUT2D eigenvalue weighted by Gasteiger charge is -2.09. The van der Waals surface area contributed by atoms with Crippen molar-refractivity contribution in [2.75, 3.05) is 23.3 Å². The van der Waals surface area contributed by atoms with Crippen molar-refractivity contribution in [1.29, 1.82) is 0 Å². The van der Waals surface area contributed by atoms with E-state index in [0.29, 0.717) is 0 Å². The molecule has 0 aromatic carbocycles. The zero-order chi connectivity index (χ0) is 14.3. The minimum Gasteiger partial charge on any atom is -0.400 e. The monoisotopic (exact) mass is 274 g/mol. The van der Waals surface area contributed by atoms with Crippen molar-refractivity contribution in [2.45, 2.75) is 6.92 Å². The maximum Gasteiger partial charge on any atom is 0.659 e. The summed E-state index contributed by atoms with van der Waals surface area (Å²) in [6, 6.07) is 0. The molecule has 7 N–H and O–H groups in total. The molecule has 0 spiro atoms. The van der Waals surface area contributed by atoms with Gasteiger partial charge in [0.05, 0.1) is 0 Å². The Morgan fingerprint density at radius 1 is 1.11 bits per heavy atom. The fraction of sp³-hybridized carbons (Fsp3) is 0.400. The van der Waals surface area contributed by atoms with E-state index in [4.69, 9.17) is 20.8 Å². The van der Waals surface area contributed by atoms with E-state index in [0.717, 1.165) is 0 Å². The van der Waals surface area contributed by atoms with Gasteiger partial charge in [-0.05, 0) is 6.92 Å². The predicted octanol–water partition coefficient (Wildman–Crippen LogP) is -2.88. The summed E-state index contributed by atoms with van der Waals surface area (Å²) >= 11 is 0. The van der Waals surface area contributed by atoms with Crippen LogP contribution >= 0.6 is 0 Å². The van der Waals surface area contributed by atoms with Gasteiger partial charge in [-0.15, -0.1) is 0 Å². The molecule has 1 rings (SSSR count). The van der Waals surface area contributed by atoms with Crippen LogP contribution in [0.4, 0.5) is 17.8 Å². The largest absolute Gasteiger partial charge is 0.659 e. The summed E-state index contributed by atoms with van der Waals surface area (Å²) in [6.07, 6.45) is 0. The van der Waals surface area contributed by atoms with Gasteiger partial charge in [0.25, 0.3) is 11.9 Å². The first kappa shape index (κ1) is 15.4. The summed E-state index contributed by atoms with van der Waals surface area (Å²) in [5, 5.41) is 26.0. The number of hydrogen-bond donors (Lipinski definition) is 6. The van der Waals surface area contributed by atoms with Crippen LogP contribution in [-0.2, 0) is 14.2 Å². The van der Waals surface area contributed by atoms with Crippen LogP contribution in [0.5, 0.6) is 0 Å². The predicted molar refractivity (Wildman–Crippen MR) is 63.4 cm³/mol. The number of nitrogens with two attached hydrogens (primary N) is 1. The molecule has 0 radical (unpaired) electrons. The first-order valence-electron chi connectivity index (χ1n) is 5.02. The van der Waals surface area contributed by atoms with Crippen molar-refractivity contribution >= 4 is 32.5 Å². The van der Waals surface area contributed by atoms with Gasteiger partial charge in [0.1, 0.15) is 0 Å². The first-order chi connectivity index (χ1) is 9.01. The molecule has 0 aliphatic rings. The lowest BCUT2D eigenvalue weighted by atomic mass is 10.3. The second-order valence-electron chi connectivity index (χ2n) is 2.87. The minimum absolute atomic E-state index is 0.162. The zero-order valence-electron chi connectivity index (χ0n) is 9.85. The van der Waals surface area contributed by atoms with Gasteiger partial charge in [-0.3, -0.25) is 9.51 Å². The number of anilines is 3. The molecule has 1 aromatic heterocycles. The van der Waals surface area contributed by atoms with E-state index in [1.807, 2.05) is 5.48 Å². The molecule has 0 bridgehead atoms. The number of nitrogens with one attached hydrogen (secondary N) is 2. The summed E-state index contributed by atoms with van der Waals surface area (Å²) in [4.78, 5) is 10.9. The Balaban J connectivity index is 2.58. The second-order valence-corrected chi connectivity index (χ2v) is 2.87. The summed E-state index contributed by atoms with van der Waals surface area (Å²) < 4.78 is 13.5. The molecule has 12 nitrogen and oxygen atoms in total. The highest BCUT2D eigenvalue weighted by Gasteiger charge is 2.16. The van der Waals surface area contributed by atoms with Crippen LogP contribution in [0.2, 0.25) is 0 Å². The average molecular weight is 274 g/mol. The van der Waals surface area contributed by atoms with Gasteiger partial charge in [-0.2, -0.15) is 15.0 Å². The molecular weight excluding hydrogens is 262 g/mol. The molecule has 0 aliphatic carbocycles. The van der Waals surface area contributed by atoms with Crippen LogP contribution in [0, 0.1) is 0 Å². The van der Waals surface area contributed by atoms with Crippen molar-refractivity contribution in [1.82, 2.24) is 15.0 Å². The Bertz CT molecular complexity index is 398. The van der Waals surface area contributed by atoms with Gasteiger partial charge in [0.15, 0.2) is 0 Å². The zero-order valence-corrected chi connectivity index (χ0v) is 9.85. The van der Waals surface area contributed by atoms with E-state index in [9.17, 15) is 0 Å². The summed E-state index contributed by atoms with van der Waals surface area (Å²) in [6.45, 7) is 1.89. The Hall–Kier alpha value is -1.70. The molecular formula is C5H12B2N6O6. The third kappa shape index (κ3) is 6.14. The topological polar surface area (TPSA) is 177 Å². The van der Waals surface area contributed by atoms with Gasteiger partial charge < -0.3 is 25.5 Å². The van der Waals surface area contributed by atoms with E-state index in [1.54, 1.807) is 6.92 Å². The normalized spacial score (nSPS) is 10.1. The van der Waals surface area contributed by atoms with Crippen LogP contribution in [0.15, 0.2) is 0 Å². The molecule has 104 valence electrons. The lowest BCUT2D eigenvalue weighted by Crippen LogP contribution is -2.27. The standard InChI is InChI=1S/C5H12B2N6O6/c1-2-17-7(16)19-13-5-10-3(8)9-4(11-5)12-18-6(14)15/h14-16H,2H2,1H3,(H4,8,9,10,11,12,13). The Morgan fingerprint density at radius 2 is 1.68 bits per heavy atom. The number of nitrogen functional groups attached to an aromatic ring is 1. The molecule has 14 heteroatoms. The van der Waals surface area contributed by atoms with Crippen molar-refractivity contribution < 1.29 is 29.2 Å². The van der Waals surface area contributed by atoms with Crippen molar-refractivity contribution in [2.24, 2.45) is 0 Å². The van der Waals surface area contributed by atoms with Gasteiger partial charge in [-0.1, -0.05) is 0 Å². The highest BCUT2D eigenvalue weighted by Crippen LogP contribution is 2.07. The molecule has 19 heavy (non-hydrogen) atoms. The molecule has 0 unspecified atom stereocenters. The molecule has 0 amide bonds. The van der Waals surface area contributed by atoms with Crippen LogP contribution in [-0.4, -0.2) is 51.3 Å². The van der Waals surface area contributed by atoms with Crippen molar-refractivity contribution in [3.05, 3.63) is 0 Å². The molecule has 0 aliphatic heterocycles. The third-order valence-electron chi connectivity index (χ3n) is 1.47. The van der Waals surface area contributed by atoms with E-state index in [2.05, 4.69) is 34.6 Å². The van der Waals surface area contributed by atoms with Crippen LogP contribution in [0.1, 0.15) is 6.92 Å². The van der Waals surface area contributed by atoms with Crippen molar-refractivity contribution in [3.63, 3.8) is 0 Å². The Kier molecular flexibility index (Phi) is 6.20. The number of hydrogen-bond acceptors (Lipinski definition) is 12. The lowest BCUT2D eigenvalue weighted by molar-refractivity contribution is 0.164. The van der Waals surface area contributed by atoms with Crippen LogP contribution in [0.25, 0.3) is 0 Å². The van der Waals surface area contributed by atoms with E-state index < -0.39 is 14.6 Å². The molecule has 0 fully saturated rings. The summed E-state index contributed by atoms with van der Waals surface area (Å²) in [7, 11) is -3.58. The smallest absolute Gasteiger partial charge is 0.400 e. The minimum atomic E-state index is -2.06. The summed E-state index contributed by atoms with van der Waals surface area (Å²) in [5.41, 5.74) is 9.53. The Labute approximate surface area is 108 Å².